The molecule has 94 valence electrons. The molecule has 1 fully saturated rings. The normalized spacial score (nSPS) is 21.2. The van der Waals surface area contributed by atoms with Gasteiger partial charge in [0.1, 0.15) is 5.76 Å². The SMILES string of the molecule is CC(C)N1CCC(Cc2cc(C(=O)O)no2)C1. The van der Waals surface area contributed by atoms with Crippen LogP contribution in [0.25, 0.3) is 0 Å². The zero-order valence-corrected chi connectivity index (χ0v) is 10.2. The van der Waals surface area contributed by atoms with Crippen molar-refractivity contribution in [1.82, 2.24) is 10.1 Å². The molecule has 5 heteroatoms. The van der Waals surface area contributed by atoms with E-state index in [1.165, 1.54) is 6.07 Å². The third-order valence-corrected chi connectivity index (χ3v) is 3.32. The summed E-state index contributed by atoms with van der Waals surface area (Å²) in [5.41, 5.74) is -0.00119. The Labute approximate surface area is 100 Å². The van der Waals surface area contributed by atoms with Gasteiger partial charge >= 0.3 is 5.97 Å². The Hall–Kier alpha value is -1.36. The molecule has 1 atom stereocenters. The van der Waals surface area contributed by atoms with Gasteiger partial charge in [-0.1, -0.05) is 5.16 Å². The summed E-state index contributed by atoms with van der Waals surface area (Å²) in [7, 11) is 0. The number of carbonyl (C=O) groups is 1. The highest BCUT2D eigenvalue weighted by atomic mass is 16.5. The zero-order chi connectivity index (χ0) is 12.4. The second-order valence-corrected chi connectivity index (χ2v) is 4.93. The molecular formula is C12H18N2O3. The van der Waals surface area contributed by atoms with Gasteiger partial charge in [-0.05, 0) is 32.7 Å². The van der Waals surface area contributed by atoms with Crippen molar-refractivity contribution in [3.8, 4) is 0 Å². The molecule has 5 nitrogen and oxygen atoms in total. The van der Waals surface area contributed by atoms with E-state index in [-0.39, 0.29) is 5.69 Å². The Kier molecular flexibility index (Phi) is 3.47. The van der Waals surface area contributed by atoms with E-state index in [2.05, 4.69) is 23.9 Å². The fourth-order valence-corrected chi connectivity index (χ4v) is 2.29. The van der Waals surface area contributed by atoms with E-state index in [9.17, 15) is 4.79 Å². The van der Waals surface area contributed by atoms with Crippen molar-refractivity contribution in [2.75, 3.05) is 13.1 Å². The maximum atomic E-state index is 10.7. The molecule has 0 saturated carbocycles. The summed E-state index contributed by atoms with van der Waals surface area (Å²) in [6, 6.07) is 2.10. The Morgan fingerprint density at radius 3 is 3.00 bits per heavy atom. The smallest absolute Gasteiger partial charge is 0.358 e. The molecule has 1 aromatic rings. The molecule has 0 aliphatic carbocycles. The number of aromatic carboxylic acids is 1. The molecule has 0 radical (unpaired) electrons. The third kappa shape index (κ3) is 2.85. The minimum atomic E-state index is -1.03. The fourth-order valence-electron chi connectivity index (χ4n) is 2.29. The summed E-state index contributed by atoms with van der Waals surface area (Å²) < 4.78 is 5.03. The van der Waals surface area contributed by atoms with Crippen molar-refractivity contribution >= 4 is 5.97 Å². The standard InChI is InChI=1S/C12H18N2O3/c1-8(2)14-4-3-9(7-14)5-10-6-11(12(15)16)13-17-10/h6,8-9H,3-5,7H2,1-2H3,(H,15,16). The monoisotopic (exact) mass is 238 g/mol. The highest BCUT2D eigenvalue weighted by Gasteiger charge is 2.25. The lowest BCUT2D eigenvalue weighted by molar-refractivity contribution is 0.0685. The number of likely N-dealkylation sites (tertiary alicyclic amines) is 1. The first-order valence-electron chi connectivity index (χ1n) is 5.99. The highest BCUT2D eigenvalue weighted by molar-refractivity contribution is 5.85. The van der Waals surface area contributed by atoms with Crippen LogP contribution in [-0.2, 0) is 6.42 Å². The van der Waals surface area contributed by atoms with Crippen LogP contribution < -0.4 is 0 Å². The van der Waals surface area contributed by atoms with E-state index in [1.807, 2.05) is 0 Å². The third-order valence-electron chi connectivity index (χ3n) is 3.32. The molecule has 0 bridgehead atoms. The predicted molar refractivity (Wildman–Crippen MR) is 62.0 cm³/mol. The number of hydrogen-bond acceptors (Lipinski definition) is 4. The van der Waals surface area contributed by atoms with Crippen LogP contribution in [-0.4, -0.2) is 40.3 Å². The number of rotatable bonds is 4. The minimum Gasteiger partial charge on any atom is -0.476 e. The summed E-state index contributed by atoms with van der Waals surface area (Å²) in [5.74, 6) is 0.195. The average Bonchev–Trinajstić information content (AvgIpc) is 2.87. The van der Waals surface area contributed by atoms with E-state index in [0.717, 1.165) is 25.9 Å². The lowest BCUT2D eigenvalue weighted by Crippen LogP contribution is -2.28. The molecule has 2 heterocycles. The Bertz CT molecular complexity index is 400. The maximum Gasteiger partial charge on any atom is 0.358 e. The van der Waals surface area contributed by atoms with Gasteiger partial charge in [0.25, 0.3) is 0 Å². The number of nitrogens with zero attached hydrogens (tertiary/aromatic N) is 2. The second-order valence-electron chi connectivity index (χ2n) is 4.93. The lowest BCUT2D eigenvalue weighted by atomic mass is 10.0. The summed E-state index contributed by atoms with van der Waals surface area (Å²) in [6.07, 6.45) is 1.92. The van der Waals surface area contributed by atoms with Gasteiger partial charge in [-0.2, -0.15) is 0 Å². The van der Waals surface area contributed by atoms with E-state index >= 15 is 0 Å². The van der Waals surface area contributed by atoms with Crippen molar-refractivity contribution in [2.45, 2.75) is 32.7 Å². The maximum absolute atomic E-state index is 10.7. The highest BCUT2D eigenvalue weighted by Crippen LogP contribution is 2.22. The molecule has 17 heavy (non-hydrogen) atoms. The molecule has 1 unspecified atom stereocenters. The summed E-state index contributed by atoms with van der Waals surface area (Å²) in [5, 5.41) is 12.3. The van der Waals surface area contributed by atoms with Crippen LogP contribution in [0, 0.1) is 5.92 Å². The van der Waals surface area contributed by atoms with Crippen molar-refractivity contribution in [1.29, 1.82) is 0 Å². The Morgan fingerprint density at radius 1 is 1.71 bits per heavy atom. The predicted octanol–water partition coefficient (Wildman–Crippen LogP) is 1.65. The van der Waals surface area contributed by atoms with E-state index in [0.29, 0.717) is 17.7 Å². The average molecular weight is 238 g/mol. The number of hydrogen-bond donors (Lipinski definition) is 1. The van der Waals surface area contributed by atoms with Crippen LogP contribution in [0.1, 0.15) is 36.5 Å². The number of carboxylic acid groups (broad SMARTS) is 1. The second kappa shape index (κ2) is 4.87. The quantitative estimate of drug-likeness (QED) is 0.863. The number of aromatic nitrogens is 1. The topological polar surface area (TPSA) is 66.6 Å². The molecule has 0 aromatic carbocycles. The van der Waals surface area contributed by atoms with Crippen molar-refractivity contribution in [2.24, 2.45) is 5.92 Å². The molecule has 1 aliphatic heterocycles. The van der Waals surface area contributed by atoms with Crippen LogP contribution in [0.15, 0.2) is 10.6 Å². The van der Waals surface area contributed by atoms with Crippen molar-refractivity contribution < 1.29 is 14.4 Å². The van der Waals surface area contributed by atoms with Gasteiger partial charge in [-0.3, -0.25) is 0 Å². The molecule has 1 N–H and O–H groups in total. The lowest BCUT2D eigenvalue weighted by Gasteiger charge is -2.19. The largest absolute Gasteiger partial charge is 0.476 e. The molecule has 2 rings (SSSR count). The molecule has 1 aromatic heterocycles. The molecular weight excluding hydrogens is 220 g/mol. The van der Waals surface area contributed by atoms with Crippen molar-refractivity contribution in [3.05, 3.63) is 17.5 Å². The van der Waals surface area contributed by atoms with Crippen LogP contribution in [0.2, 0.25) is 0 Å². The number of carboxylic acids is 1. The van der Waals surface area contributed by atoms with E-state index < -0.39 is 5.97 Å². The molecule has 1 saturated heterocycles. The van der Waals surface area contributed by atoms with Crippen LogP contribution >= 0.6 is 0 Å². The van der Waals surface area contributed by atoms with Crippen LogP contribution in [0.5, 0.6) is 0 Å². The molecule has 1 aliphatic rings. The van der Waals surface area contributed by atoms with Crippen LogP contribution in [0.3, 0.4) is 0 Å². The van der Waals surface area contributed by atoms with Gasteiger partial charge in [0.15, 0.2) is 5.69 Å². The Morgan fingerprint density at radius 2 is 2.47 bits per heavy atom. The first-order valence-corrected chi connectivity index (χ1v) is 5.99. The van der Waals surface area contributed by atoms with E-state index in [4.69, 9.17) is 9.63 Å². The summed E-state index contributed by atoms with van der Waals surface area (Å²) >= 11 is 0. The summed E-state index contributed by atoms with van der Waals surface area (Å²) in [4.78, 5) is 13.1. The molecule has 0 amide bonds. The van der Waals surface area contributed by atoms with Gasteiger partial charge < -0.3 is 14.5 Å². The first kappa shape index (κ1) is 12.1. The molecule has 0 spiro atoms. The first-order chi connectivity index (χ1) is 8.06. The minimum absolute atomic E-state index is 0.00119. The van der Waals surface area contributed by atoms with Crippen molar-refractivity contribution in [3.63, 3.8) is 0 Å². The van der Waals surface area contributed by atoms with Gasteiger partial charge in [-0.25, -0.2) is 4.79 Å². The van der Waals surface area contributed by atoms with Gasteiger partial charge in [0.2, 0.25) is 0 Å². The zero-order valence-electron chi connectivity index (χ0n) is 10.2. The van der Waals surface area contributed by atoms with Crippen LogP contribution in [0.4, 0.5) is 0 Å². The van der Waals surface area contributed by atoms with E-state index in [1.54, 1.807) is 0 Å². The summed E-state index contributed by atoms with van der Waals surface area (Å²) in [6.45, 7) is 6.56. The van der Waals surface area contributed by atoms with Gasteiger partial charge in [0.05, 0.1) is 0 Å². The Balaban J connectivity index is 1.91. The van der Waals surface area contributed by atoms with Gasteiger partial charge in [0, 0.05) is 25.1 Å². The fraction of sp³-hybridized carbons (Fsp3) is 0.667. The van der Waals surface area contributed by atoms with Gasteiger partial charge in [-0.15, -0.1) is 0 Å².